The van der Waals surface area contributed by atoms with Crippen molar-refractivity contribution in [3.8, 4) is 0 Å². The number of ether oxygens (including phenoxy) is 1. The van der Waals surface area contributed by atoms with Crippen LogP contribution in [0.2, 0.25) is 0 Å². The van der Waals surface area contributed by atoms with Crippen LogP contribution in [-0.4, -0.2) is 28.6 Å². The lowest BCUT2D eigenvalue weighted by molar-refractivity contribution is -0.184. The molecule has 0 aromatic heterocycles. The van der Waals surface area contributed by atoms with Gasteiger partial charge in [-0.3, -0.25) is 9.59 Å². The summed E-state index contributed by atoms with van der Waals surface area (Å²) in [6.07, 6.45) is 10.1. The first-order chi connectivity index (χ1) is 12.6. The summed E-state index contributed by atoms with van der Waals surface area (Å²) >= 11 is 0. The third-order valence-electron chi connectivity index (χ3n) is 8.54. The average Bonchev–Trinajstić information content (AvgIpc) is 2.93. The number of aliphatic hydroxyl groups is 1. The van der Waals surface area contributed by atoms with Crippen molar-refractivity contribution in [3.63, 3.8) is 0 Å². The number of allylic oxidation sites excluding steroid dienone is 3. The van der Waals surface area contributed by atoms with Gasteiger partial charge < -0.3 is 9.84 Å². The summed E-state index contributed by atoms with van der Waals surface area (Å²) in [5.74, 6) is 0.476. The van der Waals surface area contributed by atoms with Gasteiger partial charge in [0, 0.05) is 18.8 Å². The molecule has 0 bridgehead atoms. The Labute approximate surface area is 162 Å². The van der Waals surface area contributed by atoms with E-state index >= 15 is 0 Å². The number of ketones is 1. The minimum atomic E-state index is -0.734. The Morgan fingerprint density at radius 3 is 2.44 bits per heavy atom. The Kier molecular flexibility index (Phi) is 4.23. The van der Waals surface area contributed by atoms with Crippen molar-refractivity contribution < 1.29 is 19.4 Å². The molecule has 4 heteroatoms. The molecule has 2 fully saturated rings. The molecular formula is C23H32O4. The summed E-state index contributed by atoms with van der Waals surface area (Å²) in [6.45, 7) is 7.59. The van der Waals surface area contributed by atoms with E-state index in [4.69, 9.17) is 4.74 Å². The highest BCUT2D eigenvalue weighted by Gasteiger charge is 2.64. The van der Waals surface area contributed by atoms with E-state index in [-0.39, 0.29) is 34.6 Å². The number of rotatable bonds is 2. The number of hydrogen-bond acceptors (Lipinski definition) is 4. The fraction of sp³-hybridized carbons (Fsp3) is 0.739. The molecule has 0 heterocycles. The number of esters is 1. The third-order valence-corrected chi connectivity index (χ3v) is 8.54. The summed E-state index contributed by atoms with van der Waals surface area (Å²) < 4.78 is 5.47. The van der Waals surface area contributed by atoms with E-state index in [0.29, 0.717) is 5.92 Å². The van der Waals surface area contributed by atoms with Gasteiger partial charge in [-0.15, -0.1) is 0 Å². The van der Waals surface area contributed by atoms with Crippen LogP contribution >= 0.6 is 0 Å². The van der Waals surface area contributed by atoms with Crippen LogP contribution in [-0.2, 0) is 14.3 Å². The lowest BCUT2D eigenvalue weighted by Gasteiger charge is -2.62. The number of carbonyl (C=O) groups excluding carboxylic acids is 2. The SMILES string of the molecule is CC(=O)O[C@H]1CC[C@@]2(C)C(=CC[C@H]3[C@@H]4CC=C(C(C)=O)[C@@]4(C)CC[C@@]32O)C1. The van der Waals surface area contributed by atoms with Crippen molar-refractivity contribution in [2.75, 3.05) is 0 Å². The van der Waals surface area contributed by atoms with E-state index in [0.717, 1.165) is 50.5 Å². The zero-order chi connectivity index (χ0) is 19.6. The minimum Gasteiger partial charge on any atom is -0.462 e. The van der Waals surface area contributed by atoms with E-state index in [1.165, 1.54) is 12.5 Å². The van der Waals surface area contributed by atoms with Crippen LogP contribution in [0.5, 0.6) is 0 Å². The van der Waals surface area contributed by atoms with E-state index in [1.807, 2.05) is 0 Å². The smallest absolute Gasteiger partial charge is 0.302 e. The molecule has 0 radical (unpaired) electrons. The van der Waals surface area contributed by atoms with Crippen molar-refractivity contribution in [1.29, 1.82) is 0 Å². The molecule has 2 saturated carbocycles. The van der Waals surface area contributed by atoms with Gasteiger partial charge in [0.1, 0.15) is 6.10 Å². The van der Waals surface area contributed by atoms with Crippen molar-refractivity contribution in [1.82, 2.24) is 0 Å². The summed E-state index contributed by atoms with van der Waals surface area (Å²) in [7, 11) is 0. The van der Waals surface area contributed by atoms with Crippen molar-refractivity contribution in [2.45, 2.75) is 84.3 Å². The van der Waals surface area contributed by atoms with Crippen LogP contribution in [0, 0.1) is 22.7 Å². The summed E-state index contributed by atoms with van der Waals surface area (Å²) in [6, 6.07) is 0. The summed E-state index contributed by atoms with van der Waals surface area (Å²) in [4.78, 5) is 23.5. The van der Waals surface area contributed by atoms with Gasteiger partial charge in [-0.25, -0.2) is 0 Å². The molecule has 0 aromatic carbocycles. The second kappa shape index (κ2) is 6.04. The van der Waals surface area contributed by atoms with Crippen LogP contribution in [0.4, 0.5) is 0 Å². The minimum absolute atomic E-state index is 0.0618. The Bertz CT molecular complexity index is 749. The molecule has 0 unspecified atom stereocenters. The van der Waals surface area contributed by atoms with Gasteiger partial charge in [0.2, 0.25) is 0 Å². The van der Waals surface area contributed by atoms with Gasteiger partial charge >= 0.3 is 5.97 Å². The highest BCUT2D eigenvalue weighted by atomic mass is 16.5. The van der Waals surface area contributed by atoms with E-state index < -0.39 is 5.60 Å². The summed E-state index contributed by atoms with van der Waals surface area (Å²) in [5, 5.41) is 12.0. The predicted octanol–water partition coefficient (Wildman–Crippen LogP) is 4.12. The topological polar surface area (TPSA) is 63.6 Å². The molecule has 4 rings (SSSR count). The number of hydrogen-bond donors (Lipinski definition) is 1. The molecule has 0 amide bonds. The fourth-order valence-electron chi connectivity index (χ4n) is 7.02. The Hall–Kier alpha value is -1.42. The van der Waals surface area contributed by atoms with E-state index in [1.54, 1.807) is 6.92 Å². The number of fused-ring (bicyclic) bond motifs is 5. The molecule has 0 saturated heterocycles. The Morgan fingerprint density at radius 2 is 1.78 bits per heavy atom. The van der Waals surface area contributed by atoms with Crippen LogP contribution in [0.1, 0.15) is 72.6 Å². The predicted molar refractivity (Wildman–Crippen MR) is 103 cm³/mol. The van der Waals surface area contributed by atoms with Crippen molar-refractivity contribution >= 4 is 11.8 Å². The molecule has 6 atom stereocenters. The highest BCUT2D eigenvalue weighted by Crippen LogP contribution is 2.66. The second-order valence-electron chi connectivity index (χ2n) is 9.74. The molecule has 0 spiro atoms. The fourth-order valence-corrected chi connectivity index (χ4v) is 7.02. The van der Waals surface area contributed by atoms with Gasteiger partial charge in [-0.05, 0) is 68.3 Å². The third kappa shape index (κ3) is 2.52. The quantitative estimate of drug-likeness (QED) is 0.585. The average molecular weight is 373 g/mol. The van der Waals surface area contributed by atoms with Gasteiger partial charge in [-0.1, -0.05) is 31.6 Å². The molecular weight excluding hydrogens is 340 g/mol. The molecule has 0 aliphatic heterocycles. The first-order valence-corrected chi connectivity index (χ1v) is 10.4. The standard InChI is InChI=1S/C23H32O4/c1-14(24)18-7-8-19-20-6-5-16-13-17(27-15(2)25)9-10-22(16,4)23(20,26)12-11-21(18,19)3/h5,7,17,19-20,26H,6,8-13H2,1-4H3/t17-,19-,20-,21+,22-,23+/m0/s1. The van der Waals surface area contributed by atoms with Gasteiger partial charge in [0.15, 0.2) is 5.78 Å². The van der Waals surface area contributed by atoms with Crippen molar-refractivity contribution in [3.05, 3.63) is 23.3 Å². The Morgan fingerprint density at radius 1 is 1.07 bits per heavy atom. The van der Waals surface area contributed by atoms with E-state index in [9.17, 15) is 14.7 Å². The number of Topliss-reactive ketones (excluding diaryl/α,β-unsaturated/α-hetero) is 1. The second-order valence-corrected chi connectivity index (χ2v) is 9.74. The molecule has 1 N–H and O–H groups in total. The molecule has 4 nitrogen and oxygen atoms in total. The maximum atomic E-state index is 12.2. The molecule has 4 aliphatic carbocycles. The van der Waals surface area contributed by atoms with Crippen molar-refractivity contribution in [2.24, 2.45) is 22.7 Å². The van der Waals surface area contributed by atoms with Crippen LogP contribution < -0.4 is 0 Å². The lowest BCUT2D eigenvalue weighted by atomic mass is 9.45. The Balaban J connectivity index is 1.65. The van der Waals surface area contributed by atoms with Gasteiger partial charge in [-0.2, -0.15) is 0 Å². The molecule has 0 aromatic rings. The zero-order valence-electron chi connectivity index (χ0n) is 17.0. The largest absolute Gasteiger partial charge is 0.462 e. The zero-order valence-corrected chi connectivity index (χ0v) is 17.0. The summed E-state index contributed by atoms with van der Waals surface area (Å²) in [5.41, 5.74) is 1.16. The molecule has 4 aliphatic rings. The van der Waals surface area contributed by atoms with Crippen LogP contribution in [0.3, 0.4) is 0 Å². The maximum Gasteiger partial charge on any atom is 0.302 e. The van der Waals surface area contributed by atoms with Crippen LogP contribution in [0.25, 0.3) is 0 Å². The van der Waals surface area contributed by atoms with E-state index in [2.05, 4.69) is 26.0 Å². The van der Waals surface area contributed by atoms with Gasteiger partial charge in [0.25, 0.3) is 0 Å². The highest BCUT2D eigenvalue weighted by molar-refractivity contribution is 5.95. The normalized spacial score (nSPS) is 45.7. The maximum absolute atomic E-state index is 12.2. The molecule has 27 heavy (non-hydrogen) atoms. The monoisotopic (exact) mass is 372 g/mol. The molecule has 148 valence electrons. The first kappa shape index (κ1) is 18.9. The van der Waals surface area contributed by atoms with Crippen LogP contribution in [0.15, 0.2) is 23.3 Å². The lowest BCUT2D eigenvalue weighted by Crippen LogP contribution is -2.62. The number of carbonyl (C=O) groups is 2. The first-order valence-electron chi connectivity index (χ1n) is 10.4. The van der Waals surface area contributed by atoms with Gasteiger partial charge in [0.05, 0.1) is 5.60 Å².